The summed E-state index contributed by atoms with van der Waals surface area (Å²) in [6.45, 7) is 5.52. The van der Waals surface area contributed by atoms with Crippen LogP contribution in [0.2, 0.25) is 0 Å². The summed E-state index contributed by atoms with van der Waals surface area (Å²) < 4.78 is 0. The van der Waals surface area contributed by atoms with Gasteiger partial charge in [0.2, 0.25) is 0 Å². The molecule has 0 aliphatic carbocycles. The van der Waals surface area contributed by atoms with Crippen LogP contribution in [0.1, 0.15) is 13.3 Å². The quantitative estimate of drug-likeness (QED) is 0.455. The first-order valence-electron chi connectivity index (χ1n) is 3.21. The van der Waals surface area contributed by atoms with Gasteiger partial charge in [-0.3, -0.25) is 0 Å². The fourth-order valence-corrected chi connectivity index (χ4v) is 0.527. The first-order valence-corrected chi connectivity index (χ1v) is 3.21. The van der Waals surface area contributed by atoms with Crippen LogP contribution in [0.15, 0.2) is 41.7 Å². The summed E-state index contributed by atoms with van der Waals surface area (Å²) >= 11 is 0. The van der Waals surface area contributed by atoms with Crippen LogP contribution in [0.5, 0.6) is 0 Å². The summed E-state index contributed by atoms with van der Waals surface area (Å²) in [6.07, 6.45) is 7.96. The average Bonchev–Trinajstić information content (AvgIpc) is 1.98. The van der Waals surface area contributed by atoms with Gasteiger partial charge in [0, 0.05) is 0 Å². The van der Waals surface area contributed by atoms with Crippen molar-refractivity contribution in [1.82, 2.24) is 0 Å². The van der Waals surface area contributed by atoms with Gasteiger partial charge in [0.15, 0.2) is 0 Å². The zero-order valence-electron chi connectivity index (χ0n) is 6.17. The molecule has 2 nitrogen and oxygen atoms in total. The summed E-state index contributed by atoms with van der Waals surface area (Å²) in [5.74, 6) is 0. The van der Waals surface area contributed by atoms with Crippen molar-refractivity contribution in [3.8, 4) is 0 Å². The highest BCUT2D eigenvalue weighted by molar-refractivity contribution is 5.19. The molecule has 0 fully saturated rings. The van der Waals surface area contributed by atoms with E-state index < -0.39 is 0 Å². The Labute approximate surface area is 61.5 Å². The van der Waals surface area contributed by atoms with E-state index in [0.717, 1.165) is 6.42 Å². The smallest absolute Gasteiger partial charge is 0.0810 e. The molecular formula is C8H12N2. The maximum absolute atomic E-state index is 6.71. The zero-order chi connectivity index (χ0) is 7.82. The zero-order valence-corrected chi connectivity index (χ0v) is 6.17. The second kappa shape index (κ2) is 5.95. The van der Waals surface area contributed by atoms with E-state index in [0.29, 0.717) is 5.70 Å². The number of nitrogens with one attached hydrogen (secondary N) is 1. The van der Waals surface area contributed by atoms with Crippen LogP contribution in [-0.2, 0) is 0 Å². The molecule has 0 aliphatic heterocycles. The maximum Gasteiger partial charge on any atom is 0.0810 e. The maximum atomic E-state index is 6.71. The molecule has 10 heavy (non-hydrogen) atoms. The molecule has 2 heteroatoms. The number of hydrogen-bond acceptors (Lipinski definition) is 2. The Kier molecular flexibility index (Phi) is 5.25. The van der Waals surface area contributed by atoms with Crippen molar-refractivity contribution in [3.63, 3.8) is 0 Å². The van der Waals surface area contributed by atoms with E-state index in [1.807, 2.05) is 13.0 Å². The molecule has 0 radical (unpaired) electrons. The predicted molar refractivity (Wildman–Crippen MR) is 42.9 cm³/mol. The molecule has 0 bridgehead atoms. The van der Waals surface area contributed by atoms with Gasteiger partial charge in [-0.15, -0.1) is 0 Å². The summed E-state index contributed by atoms with van der Waals surface area (Å²) in [5.41, 5.74) is 7.40. The van der Waals surface area contributed by atoms with Crippen LogP contribution in [0.25, 0.3) is 0 Å². The van der Waals surface area contributed by atoms with Crippen molar-refractivity contribution in [2.24, 2.45) is 5.11 Å². The minimum atomic E-state index is 0.683. The molecular weight excluding hydrogens is 124 g/mol. The molecule has 1 N–H and O–H groups in total. The van der Waals surface area contributed by atoms with E-state index in [2.05, 4.69) is 11.7 Å². The molecule has 0 aliphatic rings. The third-order valence-electron chi connectivity index (χ3n) is 0.945. The van der Waals surface area contributed by atoms with E-state index in [4.69, 9.17) is 5.53 Å². The van der Waals surface area contributed by atoms with Crippen molar-refractivity contribution < 1.29 is 0 Å². The van der Waals surface area contributed by atoms with Gasteiger partial charge < -0.3 is 0 Å². The number of rotatable bonds is 4. The van der Waals surface area contributed by atoms with Gasteiger partial charge in [0.05, 0.1) is 5.70 Å². The van der Waals surface area contributed by atoms with E-state index in [1.165, 1.54) is 0 Å². The third kappa shape index (κ3) is 3.78. The molecule has 0 heterocycles. The normalized spacial score (nSPS) is 11.9. The van der Waals surface area contributed by atoms with Crippen molar-refractivity contribution in [2.75, 3.05) is 0 Å². The van der Waals surface area contributed by atoms with Crippen molar-refractivity contribution in [1.29, 1.82) is 5.53 Å². The summed E-state index contributed by atoms with van der Waals surface area (Å²) in [6, 6.07) is 0. The van der Waals surface area contributed by atoms with Gasteiger partial charge in [0.1, 0.15) is 0 Å². The molecule has 0 amide bonds. The minimum absolute atomic E-state index is 0.683. The molecule has 0 aromatic rings. The Balaban J connectivity index is 4.07. The number of allylic oxidation sites excluding steroid dienone is 4. The van der Waals surface area contributed by atoms with E-state index >= 15 is 0 Å². The first-order chi connectivity index (χ1) is 4.85. The first kappa shape index (κ1) is 8.82. The summed E-state index contributed by atoms with van der Waals surface area (Å²) in [5, 5.41) is 3.29. The second-order valence-corrected chi connectivity index (χ2v) is 1.74. The lowest BCUT2D eigenvalue weighted by molar-refractivity contribution is 1.06. The van der Waals surface area contributed by atoms with Crippen LogP contribution in [0.3, 0.4) is 0 Å². The van der Waals surface area contributed by atoms with E-state index in [1.54, 1.807) is 18.2 Å². The Morgan fingerprint density at radius 2 is 2.40 bits per heavy atom. The highest BCUT2D eigenvalue weighted by atomic mass is 15.0. The van der Waals surface area contributed by atoms with E-state index in [9.17, 15) is 0 Å². The summed E-state index contributed by atoms with van der Waals surface area (Å²) in [7, 11) is 0. The SMILES string of the molecule is C=C/C=C\C(=C/CC)N=N. The Hall–Kier alpha value is -1.18. The fraction of sp³-hybridized carbons (Fsp3) is 0.250. The molecule has 0 aromatic carbocycles. The highest BCUT2D eigenvalue weighted by Crippen LogP contribution is 1.99. The van der Waals surface area contributed by atoms with Crippen LogP contribution in [-0.4, -0.2) is 0 Å². The van der Waals surface area contributed by atoms with Gasteiger partial charge in [-0.2, -0.15) is 5.11 Å². The van der Waals surface area contributed by atoms with Crippen molar-refractivity contribution in [2.45, 2.75) is 13.3 Å². The molecule has 0 spiro atoms. The summed E-state index contributed by atoms with van der Waals surface area (Å²) in [4.78, 5) is 0. The lowest BCUT2D eigenvalue weighted by Gasteiger charge is -1.86. The standard InChI is InChI=1S/C8H12N2/c1-3-5-7-8(10-9)6-4-2/h3,5-7,9H,1,4H2,2H3/b7-5-,8-6+,10-9?. The lowest BCUT2D eigenvalue weighted by Crippen LogP contribution is -1.67. The Morgan fingerprint density at radius 1 is 1.70 bits per heavy atom. The second-order valence-electron chi connectivity index (χ2n) is 1.74. The predicted octanol–water partition coefficient (Wildman–Crippen LogP) is 3.05. The topological polar surface area (TPSA) is 36.2 Å². The highest BCUT2D eigenvalue weighted by Gasteiger charge is 1.81. The molecule has 0 aromatic heterocycles. The van der Waals surface area contributed by atoms with Gasteiger partial charge in [-0.05, 0) is 12.5 Å². The van der Waals surface area contributed by atoms with Crippen LogP contribution < -0.4 is 0 Å². The number of nitrogens with zero attached hydrogens (tertiary/aromatic N) is 1. The van der Waals surface area contributed by atoms with Crippen molar-refractivity contribution in [3.05, 3.63) is 36.6 Å². The monoisotopic (exact) mass is 136 g/mol. The molecule has 0 saturated carbocycles. The molecule has 0 unspecified atom stereocenters. The molecule has 54 valence electrons. The van der Waals surface area contributed by atoms with Gasteiger partial charge in [-0.1, -0.05) is 31.7 Å². The van der Waals surface area contributed by atoms with Gasteiger partial charge in [-0.25, -0.2) is 5.53 Å². The average molecular weight is 136 g/mol. The van der Waals surface area contributed by atoms with Crippen LogP contribution in [0, 0.1) is 5.53 Å². The van der Waals surface area contributed by atoms with Gasteiger partial charge in [0.25, 0.3) is 0 Å². The number of hydrogen-bond donors (Lipinski definition) is 1. The Bertz CT molecular complexity index is 166. The van der Waals surface area contributed by atoms with E-state index in [-0.39, 0.29) is 0 Å². The Morgan fingerprint density at radius 3 is 2.80 bits per heavy atom. The lowest BCUT2D eigenvalue weighted by atomic mass is 10.3. The minimum Gasteiger partial charge on any atom is -0.204 e. The van der Waals surface area contributed by atoms with Crippen LogP contribution in [0.4, 0.5) is 0 Å². The van der Waals surface area contributed by atoms with Gasteiger partial charge >= 0.3 is 0 Å². The molecule has 0 atom stereocenters. The van der Waals surface area contributed by atoms with Crippen molar-refractivity contribution >= 4 is 0 Å². The molecule has 0 rings (SSSR count). The fourth-order valence-electron chi connectivity index (χ4n) is 0.527. The largest absolute Gasteiger partial charge is 0.204 e. The molecule has 0 saturated heterocycles. The third-order valence-corrected chi connectivity index (χ3v) is 0.945. The van der Waals surface area contributed by atoms with Crippen LogP contribution >= 0.6 is 0 Å².